The van der Waals surface area contributed by atoms with Gasteiger partial charge in [-0.3, -0.25) is 4.79 Å². The third-order valence-corrected chi connectivity index (χ3v) is 4.87. The molecule has 0 spiro atoms. The van der Waals surface area contributed by atoms with Gasteiger partial charge in [-0.15, -0.1) is 0 Å². The number of hydrogen-bond acceptors (Lipinski definition) is 6. The van der Waals surface area contributed by atoms with Crippen LogP contribution in [-0.2, 0) is 19.1 Å². The van der Waals surface area contributed by atoms with Gasteiger partial charge in [0.25, 0.3) is 0 Å². The molecular weight excluding hydrogens is 406 g/mol. The highest BCUT2D eigenvalue weighted by atomic mass is 35.5. The van der Waals surface area contributed by atoms with Crippen LogP contribution in [0.5, 0.6) is 0 Å². The molecule has 0 bridgehead atoms. The lowest BCUT2D eigenvalue weighted by Gasteiger charge is -2.32. The number of hydrogen-bond donors (Lipinski definition) is 3. The van der Waals surface area contributed by atoms with Gasteiger partial charge in [0, 0.05) is 28.9 Å². The van der Waals surface area contributed by atoms with E-state index in [9.17, 15) is 9.59 Å². The van der Waals surface area contributed by atoms with Gasteiger partial charge in [0.1, 0.15) is 0 Å². The molecule has 2 rings (SSSR count). The van der Waals surface area contributed by atoms with E-state index in [1.165, 1.54) is 0 Å². The third-order valence-electron chi connectivity index (χ3n) is 4.53. The number of rotatable bonds is 9. The average Bonchev–Trinajstić information content (AvgIpc) is 2.67. The minimum absolute atomic E-state index is 0.0750. The number of nitrogens with two attached hydrogens (primary N) is 1. The Morgan fingerprint density at radius 1 is 1.27 bits per heavy atom. The molecule has 1 aliphatic rings. The maximum Gasteiger partial charge on any atom is 0.336 e. The minimum Gasteiger partial charge on any atom is -0.463 e. The van der Waals surface area contributed by atoms with E-state index < -0.39 is 11.9 Å². The van der Waals surface area contributed by atoms with Crippen molar-refractivity contribution in [2.75, 3.05) is 26.4 Å². The first-order chi connectivity index (χ1) is 14.3. The van der Waals surface area contributed by atoms with Crippen LogP contribution in [0.3, 0.4) is 0 Å². The quantitative estimate of drug-likeness (QED) is 0.407. The van der Waals surface area contributed by atoms with E-state index in [0.29, 0.717) is 46.3 Å². The number of allylic oxidation sites excluding steroid dienone is 1. The number of benzene rings is 1. The van der Waals surface area contributed by atoms with Crippen LogP contribution in [0, 0.1) is 0 Å². The molecule has 1 aromatic rings. The number of dihydropyridines is 1. The molecule has 1 amide bonds. The zero-order valence-corrected chi connectivity index (χ0v) is 18.6. The molecule has 0 fully saturated rings. The van der Waals surface area contributed by atoms with Crippen LogP contribution in [0.2, 0.25) is 5.02 Å². The Kier molecular flexibility index (Phi) is 8.89. The maximum atomic E-state index is 13.1. The molecular formula is C22H30ClN3O4. The fourth-order valence-corrected chi connectivity index (χ4v) is 3.62. The molecule has 1 unspecified atom stereocenters. The van der Waals surface area contributed by atoms with Crippen molar-refractivity contribution < 1.29 is 19.1 Å². The maximum absolute atomic E-state index is 13.1. The van der Waals surface area contributed by atoms with Crippen molar-refractivity contribution >= 4 is 23.5 Å². The van der Waals surface area contributed by atoms with Crippen LogP contribution in [0.1, 0.15) is 39.2 Å². The van der Waals surface area contributed by atoms with Crippen LogP contribution >= 0.6 is 11.6 Å². The molecule has 1 aliphatic heterocycles. The molecule has 0 radical (unpaired) electrons. The van der Waals surface area contributed by atoms with Crippen molar-refractivity contribution in [1.29, 1.82) is 0 Å². The van der Waals surface area contributed by atoms with E-state index in [4.69, 9.17) is 26.8 Å². The number of amides is 1. The van der Waals surface area contributed by atoms with E-state index in [2.05, 4.69) is 10.6 Å². The highest BCUT2D eigenvalue weighted by molar-refractivity contribution is 6.31. The molecule has 1 atom stereocenters. The molecule has 4 N–H and O–H groups in total. The number of nitrogens with one attached hydrogen (secondary N) is 2. The van der Waals surface area contributed by atoms with Gasteiger partial charge in [-0.25, -0.2) is 4.79 Å². The Balaban J connectivity index is 2.67. The summed E-state index contributed by atoms with van der Waals surface area (Å²) in [6.45, 7) is 8.30. The molecule has 1 aromatic carbocycles. The largest absolute Gasteiger partial charge is 0.463 e. The Labute approximate surface area is 182 Å². The second kappa shape index (κ2) is 11.2. The predicted molar refractivity (Wildman–Crippen MR) is 117 cm³/mol. The van der Waals surface area contributed by atoms with Crippen LogP contribution < -0.4 is 16.4 Å². The van der Waals surface area contributed by atoms with Gasteiger partial charge in [-0.2, -0.15) is 0 Å². The topological polar surface area (TPSA) is 103 Å². The summed E-state index contributed by atoms with van der Waals surface area (Å²) in [5.74, 6) is -1.50. The molecule has 1 heterocycles. The van der Waals surface area contributed by atoms with Crippen LogP contribution in [-0.4, -0.2) is 44.3 Å². The summed E-state index contributed by atoms with van der Waals surface area (Å²) in [7, 11) is 0. The SMILES string of the molecule is CCOC(=O)C1=C(COCCN)NC(C)=C(C(=O)NC(C)C)C1c1ccccc1Cl. The molecule has 30 heavy (non-hydrogen) atoms. The van der Waals surface area contributed by atoms with Crippen molar-refractivity contribution in [2.45, 2.75) is 39.7 Å². The molecule has 0 saturated carbocycles. The van der Waals surface area contributed by atoms with Gasteiger partial charge >= 0.3 is 5.97 Å². The third kappa shape index (κ3) is 5.62. The lowest BCUT2D eigenvalue weighted by molar-refractivity contribution is -0.138. The van der Waals surface area contributed by atoms with Crippen molar-refractivity contribution in [3.63, 3.8) is 0 Å². The molecule has 8 heteroatoms. The van der Waals surface area contributed by atoms with Crippen molar-refractivity contribution in [2.24, 2.45) is 5.73 Å². The van der Waals surface area contributed by atoms with Crippen LogP contribution in [0.15, 0.2) is 46.8 Å². The minimum atomic E-state index is -0.700. The smallest absolute Gasteiger partial charge is 0.336 e. The molecule has 164 valence electrons. The van der Waals surface area contributed by atoms with Crippen LogP contribution in [0.25, 0.3) is 0 Å². The highest BCUT2D eigenvalue weighted by Crippen LogP contribution is 2.41. The second-order valence-electron chi connectivity index (χ2n) is 7.20. The summed E-state index contributed by atoms with van der Waals surface area (Å²) in [4.78, 5) is 26.2. The number of carbonyl (C=O) groups excluding carboxylic acids is 2. The summed E-state index contributed by atoms with van der Waals surface area (Å²) in [6.07, 6.45) is 0. The number of esters is 1. The van der Waals surface area contributed by atoms with Gasteiger partial charge in [-0.05, 0) is 39.3 Å². The predicted octanol–water partition coefficient (Wildman–Crippen LogP) is 2.62. The average molecular weight is 436 g/mol. The Bertz CT molecular complexity index is 849. The summed E-state index contributed by atoms with van der Waals surface area (Å²) < 4.78 is 10.9. The van der Waals surface area contributed by atoms with E-state index in [-0.39, 0.29) is 25.2 Å². The van der Waals surface area contributed by atoms with Gasteiger partial charge < -0.3 is 25.8 Å². The van der Waals surface area contributed by atoms with Gasteiger partial charge in [-0.1, -0.05) is 29.8 Å². The lowest BCUT2D eigenvalue weighted by Crippen LogP contribution is -2.40. The van der Waals surface area contributed by atoms with Gasteiger partial charge in [0.05, 0.1) is 37.0 Å². The zero-order chi connectivity index (χ0) is 22.3. The summed E-state index contributed by atoms with van der Waals surface area (Å²) in [6, 6.07) is 7.10. The lowest BCUT2D eigenvalue weighted by atomic mass is 9.79. The Hall–Kier alpha value is -2.35. The van der Waals surface area contributed by atoms with Gasteiger partial charge in [0.2, 0.25) is 5.91 Å². The van der Waals surface area contributed by atoms with E-state index in [1.54, 1.807) is 26.0 Å². The van der Waals surface area contributed by atoms with E-state index in [1.807, 2.05) is 26.0 Å². The second-order valence-corrected chi connectivity index (χ2v) is 7.61. The molecule has 7 nitrogen and oxygen atoms in total. The fraction of sp³-hybridized carbons (Fsp3) is 0.455. The molecule has 0 aliphatic carbocycles. The first-order valence-electron chi connectivity index (χ1n) is 10.0. The van der Waals surface area contributed by atoms with Crippen molar-refractivity contribution in [3.8, 4) is 0 Å². The number of ether oxygens (including phenoxy) is 2. The Morgan fingerprint density at radius 2 is 1.97 bits per heavy atom. The first-order valence-corrected chi connectivity index (χ1v) is 10.4. The summed E-state index contributed by atoms with van der Waals surface area (Å²) >= 11 is 6.51. The first kappa shape index (κ1) is 23.9. The molecule has 0 saturated heterocycles. The van der Waals surface area contributed by atoms with E-state index >= 15 is 0 Å². The highest BCUT2D eigenvalue weighted by Gasteiger charge is 2.39. The standard InChI is InChI=1S/C22H30ClN3O4/c1-5-30-22(28)20-17(12-29-11-10-24)26-14(4)18(21(27)25-13(2)3)19(20)15-8-6-7-9-16(15)23/h6-9,13,19,26H,5,10-12,24H2,1-4H3,(H,25,27). The van der Waals surface area contributed by atoms with Gasteiger partial charge in [0.15, 0.2) is 0 Å². The molecule has 0 aromatic heterocycles. The Morgan fingerprint density at radius 3 is 2.57 bits per heavy atom. The fourth-order valence-electron chi connectivity index (χ4n) is 3.38. The van der Waals surface area contributed by atoms with Crippen molar-refractivity contribution in [3.05, 3.63) is 57.4 Å². The van der Waals surface area contributed by atoms with Crippen LogP contribution in [0.4, 0.5) is 0 Å². The number of carbonyl (C=O) groups is 2. The zero-order valence-electron chi connectivity index (χ0n) is 17.9. The normalized spacial score (nSPS) is 16.6. The summed E-state index contributed by atoms with van der Waals surface area (Å²) in [5, 5.41) is 6.55. The monoisotopic (exact) mass is 435 g/mol. The summed E-state index contributed by atoms with van der Waals surface area (Å²) in [5.41, 5.74) is 8.05. The number of halogens is 1. The van der Waals surface area contributed by atoms with E-state index in [0.717, 1.165) is 0 Å². The van der Waals surface area contributed by atoms with Crippen molar-refractivity contribution in [1.82, 2.24) is 10.6 Å².